The molecule has 0 heterocycles. The number of aliphatic carboxylic acids is 1. The monoisotopic (exact) mass is 500 g/mol. The average molecular weight is 501 g/mol. The first-order valence-corrected chi connectivity index (χ1v) is 12.8. The summed E-state index contributed by atoms with van der Waals surface area (Å²) in [6, 6.07) is 24.7. The van der Waals surface area contributed by atoms with Crippen molar-refractivity contribution in [3.8, 4) is 11.1 Å². The van der Waals surface area contributed by atoms with Crippen LogP contribution in [0.4, 0.5) is 10.5 Å². The predicted molar refractivity (Wildman–Crippen MR) is 149 cm³/mol. The van der Waals surface area contributed by atoms with Crippen LogP contribution in [0.3, 0.4) is 0 Å². The van der Waals surface area contributed by atoms with Gasteiger partial charge in [0, 0.05) is 19.3 Å². The number of hydrogen-bond donors (Lipinski definition) is 2. The van der Waals surface area contributed by atoms with Crippen LogP contribution in [0.2, 0.25) is 0 Å². The quantitative estimate of drug-likeness (QED) is 0.149. The molecular formula is C31H36N2O4. The molecule has 0 atom stereocenters. The molecule has 0 saturated heterocycles. The second kappa shape index (κ2) is 14.5. The van der Waals surface area contributed by atoms with Crippen LogP contribution in [0.1, 0.15) is 50.2 Å². The van der Waals surface area contributed by atoms with Gasteiger partial charge in [-0.1, -0.05) is 99.3 Å². The van der Waals surface area contributed by atoms with Gasteiger partial charge in [-0.05, 0) is 46.9 Å². The van der Waals surface area contributed by atoms with E-state index in [4.69, 9.17) is 4.74 Å². The first-order chi connectivity index (χ1) is 18.0. The fourth-order valence-corrected chi connectivity index (χ4v) is 3.88. The molecule has 6 nitrogen and oxygen atoms in total. The zero-order valence-corrected chi connectivity index (χ0v) is 21.7. The van der Waals surface area contributed by atoms with Gasteiger partial charge in [0.1, 0.15) is 6.61 Å². The lowest BCUT2D eigenvalue weighted by Gasteiger charge is -2.19. The Morgan fingerprint density at radius 1 is 0.892 bits per heavy atom. The second-order valence-electron chi connectivity index (χ2n) is 8.97. The number of carbonyl (C=O) groups is 2. The highest BCUT2D eigenvalue weighted by atomic mass is 16.5. The summed E-state index contributed by atoms with van der Waals surface area (Å²) >= 11 is 0. The number of unbranched alkanes of at least 4 members (excludes halogenated alkanes) is 4. The molecule has 0 aliphatic heterocycles. The molecule has 194 valence electrons. The van der Waals surface area contributed by atoms with Crippen molar-refractivity contribution < 1.29 is 19.4 Å². The molecule has 3 rings (SSSR count). The number of urea groups is 1. The molecule has 0 aliphatic rings. The average Bonchev–Trinajstić information content (AvgIpc) is 2.93. The molecule has 0 aromatic heterocycles. The molecule has 0 unspecified atom stereocenters. The van der Waals surface area contributed by atoms with E-state index in [9.17, 15) is 14.7 Å². The van der Waals surface area contributed by atoms with Crippen molar-refractivity contribution in [2.45, 2.75) is 45.6 Å². The predicted octanol–water partition coefficient (Wildman–Crippen LogP) is 7.11. The Morgan fingerprint density at radius 2 is 1.62 bits per heavy atom. The molecule has 0 bridgehead atoms. The summed E-state index contributed by atoms with van der Waals surface area (Å²) < 4.78 is 5.54. The van der Waals surface area contributed by atoms with Gasteiger partial charge in [-0.15, -0.1) is 0 Å². The minimum Gasteiger partial charge on any atom is -0.482 e. The molecule has 0 fully saturated rings. The van der Waals surface area contributed by atoms with Gasteiger partial charge >= 0.3 is 12.0 Å². The lowest BCUT2D eigenvalue weighted by Crippen LogP contribution is -2.37. The highest BCUT2D eigenvalue weighted by molar-refractivity contribution is 5.92. The Kier molecular flexibility index (Phi) is 10.8. The maximum absolute atomic E-state index is 12.6. The molecule has 2 amide bonds. The third kappa shape index (κ3) is 8.83. The van der Waals surface area contributed by atoms with E-state index in [-0.39, 0.29) is 18.4 Å². The highest BCUT2D eigenvalue weighted by Crippen LogP contribution is 2.25. The summed E-state index contributed by atoms with van der Waals surface area (Å²) in [5.74, 6) is -1.23. The smallest absolute Gasteiger partial charge is 0.371 e. The van der Waals surface area contributed by atoms with E-state index >= 15 is 0 Å². The molecular weight excluding hydrogens is 464 g/mol. The third-order valence-corrected chi connectivity index (χ3v) is 6.08. The summed E-state index contributed by atoms with van der Waals surface area (Å²) in [5.41, 5.74) is 4.35. The zero-order chi connectivity index (χ0) is 26.5. The van der Waals surface area contributed by atoms with Crippen LogP contribution < -0.4 is 10.2 Å². The lowest BCUT2D eigenvalue weighted by molar-refractivity contribution is -0.136. The number of carboxylic acids is 1. The molecule has 0 radical (unpaired) electrons. The fraction of sp³-hybridized carbons (Fsp3) is 0.290. The maximum atomic E-state index is 12.6. The van der Waals surface area contributed by atoms with Crippen molar-refractivity contribution in [1.29, 1.82) is 0 Å². The number of amides is 2. The van der Waals surface area contributed by atoms with Crippen LogP contribution in [-0.4, -0.2) is 30.7 Å². The van der Waals surface area contributed by atoms with Crippen LogP contribution in [0.15, 0.2) is 84.6 Å². The number of rotatable bonds is 13. The van der Waals surface area contributed by atoms with Gasteiger partial charge < -0.3 is 15.2 Å². The molecule has 0 aliphatic carbocycles. The number of carboxylic acid groups (broad SMARTS) is 1. The summed E-state index contributed by atoms with van der Waals surface area (Å²) in [6.45, 7) is 3.05. The SMILES string of the molecule is CCCCCCCNC(=O)N(C)c1cccc(-c2ccc(/C=C(\OCc3ccccc3)C(=O)O)cc2)c1. The Hall–Kier alpha value is -4.06. The van der Waals surface area contributed by atoms with Crippen molar-refractivity contribution in [2.24, 2.45) is 0 Å². The minimum atomic E-state index is -1.12. The van der Waals surface area contributed by atoms with Crippen LogP contribution in [-0.2, 0) is 16.1 Å². The normalized spacial score (nSPS) is 11.1. The molecule has 6 heteroatoms. The number of nitrogens with one attached hydrogen (secondary N) is 1. The van der Waals surface area contributed by atoms with E-state index in [1.54, 1.807) is 11.9 Å². The molecule has 37 heavy (non-hydrogen) atoms. The number of ether oxygens (including phenoxy) is 1. The van der Waals surface area contributed by atoms with Gasteiger partial charge in [0.05, 0.1) is 0 Å². The van der Waals surface area contributed by atoms with E-state index in [0.29, 0.717) is 6.54 Å². The maximum Gasteiger partial charge on any atom is 0.371 e. The van der Waals surface area contributed by atoms with Gasteiger partial charge in [-0.2, -0.15) is 0 Å². The van der Waals surface area contributed by atoms with E-state index < -0.39 is 5.97 Å². The fourth-order valence-electron chi connectivity index (χ4n) is 3.88. The van der Waals surface area contributed by atoms with Crippen LogP contribution in [0.5, 0.6) is 0 Å². The molecule has 3 aromatic rings. The summed E-state index contributed by atoms with van der Waals surface area (Å²) in [4.78, 5) is 25.9. The van der Waals surface area contributed by atoms with Gasteiger partial charge in [0.2, 0.25) is 5.76 Å². The van der Waals surface area contributed by atoms with Gasteiger partial charge in [0.25, 0.3) is 0 Å². The van der Waals surface area contributed by atoms with E-state index in [2.05, 4.69) is 12.2 Å². The number of anilines is 1. The Balaban J connectivity index is 1.62. The van der Waals surface area contributed by atoms with Crippen molar-refractivity contribution in [1.82, 2.24) is 5.32 Å². The Bertz CT molecular complexity index is 1170. The molecule has 2 N–H and O–H groups in total. The van der Waals surface area contributed by atoms with Crippen LogP contribution in [0, 0.1) is 0 Å². The van der Waals surface area contributed by atoms with E-state index in [0.717, 1.165) is 40.8 Å². The molecule has 0 spiro atoms. The van der Waals surface area contributed by atoms with E-state index in [1.807, 2.05) is 78.9 Å². The zero-order valence-electron chi connectivity index (χ0n) is 21.7. The number of hydrogen-bond acceptors (Lipinski definition) is 3. The van der Waals surface area contributed by atoms with Crippen LogP contribution in [0.25, 0.3) is 17.2 Å². The summed E-state index contributed by atoms with van der Waals surface area (Å²) in [7, 11) is 1.77. The largest absolute Gasteiger partial charge is 0.482 e. The topological polar surface area (TPSA) is 78.9 Å². The van der Waals surface area contributed by atoms with Gasteiger partial charge in [-0.3, -0.25) is 4.90 Å². The summed E-state index contributed by atoms with van der Waals surface area (Å²) in [5, 5.41) is 12.5. The van der Waals surface area contributed by atoms with Crippen molar-refractivity contribution in [3.63, 3.8) is 0 Å². The van der Waals surface area contributed by atoms with Crippen LogP contribution >= 0.6 is 0 Å². The third-order valence-electron chi connectivity index (χ3n) is 6.08. The van der Waals surface area contributed by atoms with E-state index in [1.165, 1.54) is 25.3 Å². The number of nitrogens with zero attached hydrogens (tertiary/aromatic N) is 1. The van der Waals surface area contributed by atoms with Gasteiger partial charge in [-0.25, -0.2) is 9.59 Å². The summed E-state index contributed by atoms with van der Waals surface area (Å²) in [6.07, 6.45) is 7.29. The van der Waals surface area contributed by atoms with Gasteiger partial charge in [0.15, 0.2) is 0 Å². The van der Waals surface area contributed by atoms with Crippen molar-refractivity contribution in [2.75, 3.05) is 18.5 Å². The first kappa shape index (κ1) is 27.5. The Labute approximate surface area is 219 Å². The van der Waals surface area contributed by atoms with Crippen molar-refractivity contribution >= 4 is 23.8 Å². The second-order valence-corrected chi connectivity index (χ2v) is 8.97. The first-order valence-electron chi connectivity index (χ1n) is 12.8. The Morgan fingerprint density at radius 3 is 2.32 bits per heavy atom. The highest BCUT2D eigenvalue weighted by Gasteiger charge is 2.12. The standard InChI is InChI=1S/C31H36N2O4/c1-3-4-5-6-10-20-32-31(36)33(2)28-15-11-14-27(22-28)26-18-16-24(17-19-26)21-29(30(34)35)37-23-25-12-8-7-9-13-25/h7-9,11-19,21-22H,3-6,10,20,23H2,1-2H3,(H,32,36)(H,34,35)/b29-21-. The van der Waals surface area contributed by atoms with Crippen molar-refractivity contribution in [3.05, 3.63) is 95.7 Å². The molecule has 0 saturated carbocycles. The minimum absolute atomic E-state index is 0.114. The number of carbonyl (C=O) groups excluding carboxylic acids is 1. The lowest BCUT2D eigenvalue weighted by atomic mass is 10.0. The molecule has 3 aromatic carbocycles. The number of benzene rings is 3.